The van der Waals surface area contributed by atoms with E-state index in [9.17, 15) is 14.4 Å². The lowest BCUT2D eigenvalue weighted by Gasteiger charge is -2.14. The Kier molecular flexibility index (Phi) is 6.11. The van der Waals surface area contributed by atoms with Crippen molar-refractivity contribution in [3.63, 3.8) is 0 Å². The monoisotopic (exact) mass is 354 g/mol. The van der Waals surface area contributed by atoms with Crippen LogP contribution in [0.5, 0.6) is 0 Å². The van der Waals surface area contributed by atoms with E-state index in [0.717, 1.165) is 11.1 Å². The molecule has 6 nitrogen and oxygen atoms in total. The molecule has 0 aromatic heterocycles. The first kappa shape index (κ1) is 19.2. The molecule has 0 spiro atoms. The van der Waals surface area contributed by atoms with Crippen molar-refractivity contribution in [2.24, 2.45) is 0 Å². The maximum Gasteiger partial charge on any atom is 0.338 e. The van der Waals surface area contributed by atoms with Crippen LogP contribution in [0.25, 0.3) is 0 Å². The van der Waals surface area contributed by atoms with Crippen molar-refractivity contribution in [1.82, 2.24) is 0 Å². The molecular weight excluding hydrogens is 332 g/mol. The van der Waals surface area contributed by atoms with Gasteiger partial charge in [0.2, 0.25) is 5.91 Å². The first-order chi connectivity index (χ1) is 12.3. The largest absolute Gasteiger partial charge is 0.449 e. The van der Waals surface area contributed by atoms with Gasteiger partial charge in [-0.2, -0.15) is 0 Å². The number of anilines is 2. The second kappa shape index (κ2) is 8.29. The van der Waals surface area contributed by atoms with Gasteiger partial charge in [-0.3, -0.25) is 9.59 Å². The minimum atomic E-state index is -0.945. The molecule has 0 saturated heterocycles. The summed E-state index contributed by atoms with van der Waals surface area (Å²) in [5.41, 5.74) is 3.64. The molecule has 0 fully saturated rings. The van der Waals surface area contributed by atoms with Crippen LogP contribution < -0.4 is 10.6 Å². The van der Waals surface area contributed by atoms with Crippen LogP contribution >= 0.6 is 0 Å². The highest BCUT2D eigenvalue weighted by atomic mass is 16.5. The number of carbonyl (C=O) groups is 3. The number of nitrogens with one attached hydrogen (secondary N) is 2. The number of rotatable bonds is 5. The lowest BCUT2D eigenvalue weighted by molar-refractivity contribution is -0.123. The minimum absolute atomic E-state index is 0.173. The van der Waals surface area contributed by atoms with Gasteiger partial charge in [0.1, 0.15) is 0 Å². The van der Waals surface area contributed by atoms with Crippen LogP contribution in [0, 0.1) is 13.8 Å². The van der Waals surface area contributed by atoms with Crippen LogP contribution in [0.15, 0.2) is 42.5 Å². The summed E-state index contributed by atoms with van der Waals surface area (Å²) in [7, 11) is 0. The van der Waals surface area contributed by atoms with E-state index in [1.807, 2.05) is 19.9 Å². The predicted octanol–water partition coefficient (Wildman–Crippen LogP) is 3.45. The van der Waals surface area contributed by atoms with Gasteiger partial charge in [0, 0.05) is 18.3 Å². The third-order valence-corrected chi connectivity index (χ3v) is 3.87. The number of ether oxygens (including phenoxy) is 1. The third-order valence-electron chi connectivity index (χ3n) is 3.87. The van der Waals surface area contributed by atoms with E-state index in [4.69, 9.17) is 4.74 Å². The number of esters is 1. The summed E-state index contributed by atoms with van der Waals surface area (Å²) in [6, 6.07) is 11.9. The zero-order valence-corrected chi connectivity index (χ0v) is 15.3. The molecule has 0 unspecified atom stereocenters. The number of hydrogen-bond donors (Lipinski definition) is 2. The molecule has 2 aromatic rings. The first-order valence-electron chi connectivity index (χ1n) is 8.23. The summed E-state index contributed by atoms with van der Waals surface area (Å²) >= 11 is 0. The quantitative estimate of drug-likeness (QED) is 0.806. The van der Waals surface area contributed by atoms with Crippen LogP contribution in [-0.2, 0) is 14.3 Å². The van der Waals surface area contributed by atoms with Gasteiger partial charge in [-0.25, -0.2) is 4.79 Å². The number of amides is 2. The summed E-state index contributed by atoms with van der Waals surface area (Å²) in [5, 5.41) is 5.31. The number of carbonyl (C=O) groups excluding carboxylic acids is 3. The van der Waals surface area contributed by atoms with Crippen molar-refractivity contribution in [3.05, 3.63) is 59.2 Å². The molecule has 136 valence electrons. The number of hydrogen-bond acceptors (Lipinski definition) is 4. The maximum atomic E-state index is 12.2. The first-order valence-corrected chi connectivity index (χ1v) is 8.23. The van der Waals surface area contributed by atoms with E-state index in [2.05, 4.69) is 10.6 Å². The zero-order valence-electron chi connectivity index (χ0n) is 15.3. The summed E-state index contributed by atoms with van der Waals surface area (Å²) in [6.45, 7) is 6.80. The standard InChI is InChI=1S/C20H22N2O4/c1-12-5-6-16(11-13(12)2)20(25)26-14(3)19(24)22-18-9-7-17(8-10-18)21-15(4)23/h5-11,14H,1-4H3,(H,21,23)(H,22,24)/t14-/m1/s1. The molecule has 0 radical (unpaired) electrons. The molecule has 0 bridgehead atoms. The fourth-order valence-corrected chi connectivity index (χ4v) is 2.23. The summed E-state index contributed by atoms with van der Waals surface area (Å²) in [6.07, 6.45) is -0.945. The van der Waals surface area contributed by atoms with E-state index >= 15 is 0 Å². The van der Waals surface area contributed by atoms with Gasteiger partial charge in [0.15, 0.2) is 6.10 Å². The van der Waals surface area contributed by atoms with Crippen molar-refractivity contribution in [2.45, 2.75) is 33.8 Å². The van der Waals surface area contributed by atoms with Crippen molar-refractivity contribution in [1.29, 1.82) is 0 Å². The molecule has 2 N–H and O–H groups in total. The van der Waals surface area contributed by atoms with Crippen LogP contribution in [0.3, 0.4) is 0 Å². The highest BCUT2D eigenvalue weighted by molar-refractivity contribution is 5.97. The Labute approximate surface area is 152 Å². The molecule has 2 amide bonds. The number of benzene rings is 2. The van der Waals surface area contributed by atoms with Gasteiger partial charge >= 0.3 is 5.97 Å². The van der Waals surface area contributed by atoms with Crippen LogP contribution in [0.4, 0.5) is 11.4 Å². The zero-order chi connectivity index (χ0) is 19.3. The average molecular weight is 354 g/mol. The molecule has 0 aliphatic rings. The summed E-state index contributed by atoms with van der Waals surface area (Å²) < 4.78 is 5.23. The molecule has 0 aliphatic heterocycles. The van der Waals surface area contributed by atoms with E-state index in [-0.39, 0.29) is 5.91 Å². The molecule has 26 heavy (non-hydrogen) atoms. The van der Waals surface area contributed by atoms with Gasteiger partial charge in [-0.15, -0.1) is 0 Å². The van der Waals surface area contributed by atoms with Gasteiger partial charge in [-0.1, -0.05) is 6.07 Å². The molecule has 2 rings (SSSR count). The summed E-state index contributed by atoms with van der Waals surface area (Å²) in [4.78, 5) is 35.4. The Morgan fingerprint density at radius 2 is 1.46 bits per heavy atom. The van der Waals surface area contributed by atoms with E-state index in [0.29, 0.717) is 16.9 Å². The molecule has 2 aromatic carbocycles. The molecule has 0 aliphatic carbocycles. The van der Waals surface area contributed by atoms with Crippen molar-refractivity contribution in [3.8, 4) is 0 Å². The van der Waals surface area contributed by atoms with Gasteiger partial charge in [0.05, 0.1) is 5.56 Å². The lowest BCUT2D eigenvalue weighted by atomic mass is 10.1. The van der Waals surface area contributed by atoms with E-state index in [1.165, 1.54) is 13.8 Å². The molecule has 1 atom stereocenters. The molecule has 6 heteroatoms. The van der Waals surface area contributed by atoms with Gasteiger partial charge < -0.3 is 15.4 Å². The van der Waals surface area contributed by atoms with Crippen molar-refractivity contribution < 1.29 is 19.1 Å². The van der Waals surface area contributed by atoms with Crippen LogP contribution in [0.2, 0.25) is 0 Å². The maximum absolute atomic E-state index is 12.2. The van der Waals surface area contributed by atoms with Crippen LogP contribution in [0.1, 0.15) is 35.3 Å². The summed E-state index contributed by atoms with van der Waals surface area (Å²) in [5.74, 6) is -1.15. The van der Waals surface area contributed by atoms with Gasteiger partial charge in [-0.05, 0) is 68.3 Å². The van der Waals surface area contributed by atoms with E-state index in [1.54, 1.807) is 36.4 Å². The van der Waals surface area contributed by atoms with Gasteiger partial charge in [0.25, 0.3) is 5.91 Å². The average Bonchev–Trinajstić information content (AvgIpc) is 2.58. The Morgan fingerprint density at radius 1 is 0.885 bits per heavy atom. The second-order valence-electron chi connectivity index (χ2n) is 6.09. The normalized spacial score (nSPS) is 11.4. The molecular formula is C20H22N2O4. The topological polar surface area (TPSA) is 84.5 Å². The molecule has 0 heterocycles. The predicted molar refractivity (Wildman–Crippen MR) is 100 cm³/mol. The van der Waals surface area contributed by atoms with E-state index < -0.39 is 18.0 Å². The fourth-order valence-electron chi connectivity index (χ4n) is 2.23. The van der Waals surface area contributed by atoms with Crippen molar-refractivity contribution >= 4 is 29.2 Å². The van der Waals surface area contributed by atoms with Crippen molar-refractivity contribution in [2.75, 3.05) is 10.6 Å². The molecule has 0 saturated carbocycles. The van der Waals surface area contributed by atoms with Crippen LogP contribution in [-0.4, -0.2) is 23.9 Å². The Balaban J connectivity index is 1.95. The Bertz CT molecular complexity index is 828. The highest BCUT2D eigenvalue weighted by Crippen LogP contribution is 2.15. The Hall–Kier alpha value is -3.15. The lowest BCUT2D eigenvalue weighted by Crippen LogP contribution is -2.30. The minimum Gasteiger partial charge on any atom is -0.449 e. The SMILES string of the molecule is CC(=O)Nc1ccc(NC(=O)[C@@H](C)OC(=O)c2ccc(C)c(C)c2)cc1. The fraction of sp³-hybridized carbons (Fsp3) is 0.250. The Morgan fingerprint density at radius 3 is 2.00 bits per heavy atom. The third kappa shape index (κ3) is 5.17. The highest BCUT2D eigenvalue weighted by Gasteiger charge is 2.19. The smallest absolute Gasteiger partial charge is 0.338 e. The second-order valence-corrected chi connectivity index (χ2v) is 6.09. The number of aryl methyl sites for hydroxylation is 2.